The zero-order chi connectivity index (χ0) is 64.4. The molecule has 0 spiro atoms. The molecule has 10 rings (SSSR count). The highest BCUT2D eigenvalue weighted by Crippen LogP contribution is 2.43. The number of hydrogen-bond acceptors (Lipinski definition) is 5. The van der Waals surface area contributed by atoms with Gasteiger partial charge in [0.2, 0.25) is 0 Å². The van der Waals surface area contributed by atoms with Gasteiger partial charge in [0.25, 0.3) is 0 Å². The van der Waals surface area contributed by atoms with Crippen molar-refractivity contribution in [3.63, 3.8) is 0 Å². The Morgan fingerprint density at radius 3 is 0.966 bits per heavy atom. The van der Waals surface area contributed by atoms with Crippen molar-refractivity contribution in [1.29, 1.82) is 0 Å². The van der Waals surface area contributed by atoms with E-state index in [4.69, 9.17) is 24.9 Å². The molecule has 3 aromatic heterocycles. The maximum atomic E-state index is 5.75. The van der Waals surface area contributed by atoms with E-state index < -0.39 is 0 Å². The number of para-hydroxylation sites is 1. The Morgan fingerprint density at radius 2 is 0.591 bits per heavy atom. The zero-order valence-electron chi connectivity index (χ0n) is 58.0. The van der Waals surface area contributed by atoms with E-state index in [9.17, 15) is 0 Å². The van der Waals surface area contributed by atoms with Crippen molar-refractivity contribution in [3.05, 3.63) is 190 Å². The first kappa shape index (κ1) is 63.4. The number of benzene rings is 7. The predicted octanol–water partition coefficient (Wildman–Crippen LogP) is 22.4. The Balaban J connectivity index is 1.36. The van der Waals surface area contributed by atoms with Crippen molar-refractivity contribution in [1.82, 2.24) is 29.5 Å². The maximum Gasteiger partial charge on any atom is 0.166 e. The molecule has 0 bridgehead atoms. The van der Waals surface area contributed by atoms with Gasteiger partial charge in [-0.05, 0) is 186 Å². The number of hydrogen-bond donors (Lipinski definition) is 0. The molecule has 10 aromatic rings. The van der Waals surface area contributed by atoms with Gasteiger partial charge in [-0.1, -0.05) is 220 Å². The highest BCUT2D eigenvalue weighted by atomic mass is 15.1. The Labute approximate surface area is 528 Å². The van der Waals surface area contributed by atoms with Gasteiger partial charge in [-0.2, -0.15) is 0 Å². The molecular weight excluding hydrogens is 1070 g/mol. The summed E-state index contributed by atoms with van der Waals surface area (Å²) in [7, 11) is 0. The summed E-state index contributed by atoms with van der Waals surface area (Å²) in [5.41, 5.74) is 20.7. The van der Waals surface area contributed by atoms with Crippen LogP contribution in [0.15, 0.2) is 140 Å². The lowest BCUT2D eigenvalue weighted by Gasteiger charge is -2.27. The topological polar surface area (TPSA) is 69.4 Å². The van der Waals surface area contributed by atoms with E-state index in [1.54, 1.807) is 0 Å². The molecule has 0 saturated carbocycles. The molecule has 7 aromatic carbocycles. The maximum absolute atomic E-state index is 5.75. The fourth-order valence-corrected chi connectivity index (χ4v) is 11.6. The molecule has 0 N–H and O–H groups in total. The van der Waals surface area contributed by atoms with Gasteiger partial charge in [-0.25, -0.2) is 24.9 Å². The van der Waals surface area contributed by atoms with Gasteiger partial charge in [-0.3, -0.25) is 0 Å². The van der Waals surface area contributed by atoms with E-state index in [2.05, 4.69) is 317 Å². The van der Waals surface area contributed by atoms with Crippen LogP contribution in [0.3, 0.4) is 0 Å². The quantitative estimate of drug-likeness (QED) is 0.159. The Bertz CT molecular complexity index is 4020. The second-order valence-corrected chi connectivity index (χ2v) is 33.6. The van der Waals surface area contributed by atoms with E-state index in [0.717, 1.165) is 61.5 Å². The Hall–Kier alpha value is -7.57. The molecule has 6 heteroatoms. The summed E-state index contributed by atoms with van der Waals surface area (Å²) in [6, 6.07) is 52.6. The molecule has 3 heterocycles. The van der Waals surface area contributed by atoms with Crippen molar-refractivity contribution < 1.29 is 0 Å². The summed E-state index contributed by atoms with van der Waals surface area (Å²) < 4.78 is 2.41. The highest BCUT2D eigenvalue weighted by Gasteiger charge is 2.29. The summed E-state index contributed by atoms with van der Waals surface area (Å²) in [5.74, 6) is 2.41. The van der Waals surface area contributed by atoms with E-state index in [-0.39, 0.29) is 43.3 Å². The fraction of sp³-hybridized carbons (Fsp3) is 0.402. The molecular formula is C82H98N6. The predicted molar refractivity (Wildman–Crippen MR) is 377 cm³/mol. The van der Waals surface area contributed by atoms with Crippen molar-refractivity contribution in [2.75, 3.05) is 0 Å². The van der Waals surface area contributed by atoms with Crippen LogP contribution in [0.25, 0.3) is 95.6 Å². The van der Waals surface area contributed by atoms with Crippen molar-refractivity contribution in [2.45, 2.75) is 216 Å². The van der Waals surface area contributed by atoms with E-state index >= 15 is 0 Å². The standard InChI is InChI=1S/C82H98N6/c1-49-30-32-69-64(34-49)63-28-26-27-29-68(63)88(69)70-33-31-50(71-83-66(51-35-55(75(2,3)4)44-56(36-51)76(5,6)7)48-67(84-71)52-37-57(77(8,9)10)45-58(38-52)78(11,12)13)43-65(70)74-86-72(53-39-59(79(14,15)16)46-60(40-53)80(17,18)19)85-73(87-74)54-41-61(81(20,21)22)47-62(42-54)82(23,24)25/h26-48H,1-25H3. The summed E-state index contributed by atoms with van der Waals surface area (Å²) in [6.45, 7) is 57.3. The van der Waals surface area contributed by atoms with Gasteiger partial charge in [0.05, 0.1) is 28.1 Å². The number of aromatic nitrogens is 6. The zero-order valence-corrected chi connectivity index (χ0v) is 58.0. The SMILES string of the molecule is Cc1ccc2c(c1)c1ccccc1n2-c1ccc(-c2nc(-c3cc(C(C)(C)C)cc(C(C)(C)C)c3)cc(-c3cc(C(C)(C)C)cc(C(C)(C)C)c3)n2)cc1-c1nc(-c2cc(C(C)(C)C)cc(C(C)(C)C)c2)nc(-c2cc(C(C)(C)C)cc(C(C)(C)C)c2)n1. The third-order valence-electron chi connectivity index (χ3n) is 17.7. The first-order valence-corrected chi connectivity index (χ1v) is 32.0. The fourth-order valence-electron chi connectivity index (χ4n) is 11.6. The molecule has 6 nitrogen and oxygen atoms in total. The molecule has 0 aliphatic heterocycles. The third kappa shape index (κ3) is 13.1. The molecule has 0 amide bonds. The Morgan fingerprint density at radius 1 is 0.261 bits per heavy atom. The van der Waals surface area contributed by atoms with Crippen LogP contribution in [-0.4, -0.2) is 29.5 Å². The van der Waals surface area contributed by atoms with Crippen LogP contribution in [0.2, 0.25) is 0 Å². The minimum Gasteiger partial charge on any atom is -0.309 e. The van der Waals surface area contributed by atoms with E-state index in [1.807, 2.05) is 0 Å². The first-order valence-electron chi connectivity index (χ1n) is 32.0. The lowest BCUT2D eigenvalue weighted by molar-refractivity contribution is 0.568. The lowest BCUT2D eigenvalue weighted by Crippen LogP contribution is -2.17. The van der Waals surface area contributed by atoms with Gasteiger partial charge >= 0.3 is 0 Å². The summed E-state index contributed by atoms with van der Waals surface area (Å²) >= 11 is 0. The second kappa shape index (κ2) is 21.9. The lowest BCUT2D eigenvalue weighted by atomic mass is 9.79. The van der Waals surface area contributed by atoms with Crippen molar-refractivity contribution in [3.8, 4) is 73.8 Å². The number of aryl methyl sites for hydroxylation is 1. The van der Waals surface area contributed by atoms with Crippen LogP contribution in [0.4, 0.5) is 0 Å². The summed E-state index contributed by atoms with van der Waals surface area (Å²) in [6.07, 6.45) is 0. The monoisotopic (exact) mass is 1170 g/mol. The van der Waals surface area contributed by atoms with Crippen LogP contribution in [-0.2, 0) is 43.3 Å². The largest absolute Gasteiger partial charge is 0.309 e. The molecule has 456 valence electrons. The van der Waals surface area contributed by atoms with Crippen LogP contribution in [0.5, 0.6) is 0 Å². The third-order valence-corrected chi connectivity index (χ3v) is 17.7. The van der Waals surface area contributed by atoms with Crippen molar-refractivity contribution in [2.24, 2.45) is 0 Å². The summed E-state index contributed by atoms with van der Waals surface area (Å²) in [5, 5.41) is 2.36. The molecule has 0 aliphatic carbocycles. The minimum atomic E-state index is -0.147. The van der Waals surface area contributed by atoms with Gasteiger partial charge < -0.3 is 4.57 Å². The van der Waals surface area contributed by atoms with Gasteiger partial charge in [0, 0.05) is 44.2 Å². The van der Waals surface area contributed by atoms with Crippen LogP contribution < -0.4 is 0 Å². The van der Waals surface area contributed by atoms with Gasteiger partial charge in [0.15, 0.2) is 23.3 Å². The Kier molecular flexibility index (Phi) is 15.8. The van der Waals surface area contributed by atoms with Crippen LogP contribution >= 0.6 is 0 Å². The van der Waals surface area contributed by atoms with Crippen molar-refractivity contribution >= 4 is 21.8 Å². The normalized spacial score (nSPS) is 13.3. The molecule has 0 aliphatic rings. The average molecular weight is 1170 g/mol. The summed E-state index contributed by atoms with van der Waals surface area (Å²) in [4.78, 5) is 28.5. The number of nitrogens with zero attached hydrogens (tertiary/aromatic N) is 6. The first-order chi connectivity index (χ1) is 40.5. The molecule has 0 atom stereocenters. The van der Waals surface area contributed by atoms with Crippen LogP contribution in [0, 0.1) is 6.92 Å². The average Bonchev–Trinajstić information content (AvgIpc) is 1.55. The van der Waals surface area contributed by atoms with Crippen LogP contribution in [0.1, 0.15) is 216 Å². The molecule has 0 unspecified atom stereocenters. The van der Waals surface area contributed by atoms with Gasteiger partial charge in [0.1, 0.15) is 0 Å². The molecule has 0 fully saturated rings. The molecule has 0 radical (unpaired) electrons. The smallest absolute Gasteiger partial charge is 0.166 e. The molecule has 88 heavy (non-hydrogen) atoms. The molecule has 0 saturated heterocycles. The number of rotatable bonds is 7. The second-order valence-electron chi connectivity index (χ2n) is 33.6. The number of fused-ring (bicyclic) bond motifs is 3. The van der Waals surface area contributed by atoms with Gasteiger partial charge in [-0.15, -0.1) is 0 Å². The van der Waals surface area contributed by atoms with E-state index in [1.165, 1.54) is 60.8 Å². The minimum absolute atomic E-state index is 0.111. The highest BCUT2D eigenvalue weighted by molar-refractivity contribution is 6.10. The van der Waals surface area contributed by atoms with E-state index in [0.29, 0.717) is 23.3 Å².